The number of aryl methyl sites for hydroxylation is 2. The average Bonchev–Trinajstić information content (AvgIpc) is 3.26. The average molecular weight is 488 g/mol. The topological polar surface area (TPSA) is 52.9 Å². The van der Waals surface area contributed by atoms with Crippen LogP contribution in [-0.4, -0.2) is 41.5 Å². The van der Waals surface area contributed by atoms with Gasteiger partial charge in [0.05, 0.1) is 10.7 Å². The summed E-state index contributed by atoms with van der Waals surface area (Å²) in [6, 6.07) is 20.9. The molecule has 6 nitrogen and oxygen atoms in total. The number of piperazine rings is 1. The molecule has 2 aromatic carbocycles. The lowest BCUT2D eigenvalue weighted by Gasteiger charge is -2.37. The van der Waals surface area contributed by atoms with Crippen molar-refractivity contribution in [3.8, 4) is 0 Å². The zero-order valence-corrected chi connectivity index (χ0v) is 20.9. The minimum atomic E-state index is -0.145. The number of nitrogens with zero attached hydrogens (tertiary/aromatic N) is 4. The van der Waals surface area contributed by atoms with E-state index in [0.717, 1.165) is 43.1 Å². The Kier molecular flexibility index (Phi) is 6.64. The fraction of sp³-hybridized carbons (Fsp3) is 0.286. The van der Waals surface area contributed by atoms with Gasteiger partial charge in [0, 0.05) is 50.3 Å². The van der Waals surface area contributed by atoms with Gasteiger partial charge in [0.1, 0.15) is 11.3 Å². The number of halogens is 1. The van der Waals surface area contributed by atoms with Gasteiger partial charge in [0.25, 0.3) is 5.91 Å². The third kappa shape index (κ3) is 4.98. The zero-order valence-electron chi connectivity index (χ0n) is 20.2. The summed E-state index contributed by atoms with van der Waals surface area (Å²) < 4.78 is 1.77. The largest absolute Gasteiger partial charge is 0.368 e. The van der Waals surface area contributed by atoms with Crippen LogP contribution >= 0.6 is 11.6 Å². The molecule has 2 aromatic heterocycles. The van der Waals surface area contributed by atoms with Crippen molar-refractivity contribution < 1.29 is 4.79 Å². The van der Waals surface area contributed by atoms with E-state index in [2.05, 4.69) is 75.6 Å². The number of amides is 1. The number of rotatable bonds is 6. The van der Waals surface area contributed by atoms with Crippen LogP contribution in [0.25, 0.3) is 5.65 Å². The fourth-order valence-corrected chi connectivity index (χ4v) is 4.78. The van der Waals surface area contributed by atoms with E-state index in [1.165, 1.54) is 16.9 Å². The predicted octanol–water partition coefficient (Wildman–Crippen LogP) is 5.12. The second-order valence-corrected chi connectivity index (χ2v) is 9.43. The summed E-state index contributed by atoms with van der Waals surface area (Å²) in [4.78, 5) is 22.5. The van der Waals surface area contributed by atoms with Crippen molar-refractivity contribution in [1.82, 2.24) is 14.7 Å². The minimum Gasteiger partial charge on any atom is -0.368 e. The number of hydrogen-bond acceptors (Lipinski definition) is 4. The number of carbonyl (C=O) groups excluding carboxylic acids is 1. The molecule has 35 heavy (non-hydrogen) atoms. The minimum absolute atomic E-state index is 0.145. The molecule has 1 aliphatic rings. The lowest BCUT2D eigenvalue weighted by Crippen LogP contribution is -2.46. The summed E-state index contributed by atoms with van der Waals surface area (Å²) >= 11 is 6.16. The van der Waals surface area contributed by atoms with Gasteiger partial charge in [-0.2, -0.15) is 0 Å². The van der Waals surface area contributed by atoms with Crippen LogP contribution in [0.5, 0.6) is 0 Å². The normalized spacial score (nSPS) is 13.9. The van der Waals surface area contributed by atoms with Crippen LogP contribution in [0.15, 0.2) is 66.9 Å². The molecule has 7 heteroatoms. The molecule has 0 saturated carbocycles. The summed E-state index contributed by atoms with van der Waals surface area (Å²) in [7, 11) is 0. The Morgan fingerprint density at radius 1 is 0.914 bits per heavy atom. The standard InChI is InChI=1S/C28H30ClN5O/c1-3-25-27(34-19-22(29)8-13-26(34)31-25)28(35)30-18-21-6-11-24(12-7-21)33-16-14-32(15-17-33)23-9-4-20(2)5-10-23/h4-13,19H,3,14-18H2,1-2H3,(H,30,35). The molecular formula is C28H30ClN5O. The number of fused-ring (bicyclic) bond motifs is 1. The van der Waals surface area contributed by atoms with E-state index < -0.39 is 0 Å². The molecular weight excluding hydrogens is 458 g/mol. The predicted molar refractivity (Wildman–Crippen MR) is 143 cm³/mol. The number of benzene rings is 2. The van der Waals surface area contributed by atoms with Gasteiger partial charge in [-0.1, -0.05) is 48.4 Å². The Balaban J connectivity index is 1.20. The molecule has 3 heterocycles. The molecule has 180 valence electrons. The lowest BCUT2D eigenvalue weighted by molar-refractivity contribution is 0.0944. The Bertz CT molecular complexity index is 1320. The molecule has 0 spiro atoms. The van der Waals surface area contributed by atoms with Gasteiger partial charge >= 0.3 is 0 Å². The third-order valence-electron chi connectivity index (χ3n) is 6.64. The second kappa shape index (κ2) is 10.0. The van der Waals surface area contributed by atoms with Crippen LogP contribution in [0.4, 0.5) is 11.4 Å². The van der Waals surface area contributed by atoms with E-state index in [1.54, 1.807) is 16.7 Å². The van der Waals surface area contributed by atoms with Gasteiger partial charge in [0.15, 0.2) is 0 Å². The molecule has 0 bridgehead atoms. The molecule has 0 atom stereocenters. The van der Waals surface area contributed by atoms with Gasteiger partial charge in [-0.05, 0) is 55.3 Å². The highest BCUT2D eigenvalue weighted by atomic mass is 35.5. The molecule has 0 aliphatic carbocycles. The van der Waals surface area contributed by atoms with E-state index in [9.17, 15) is 4.79 Å². The highest BCUT2D eigenvalue weighted by Crippen LogP contribution is 2.22. The van der Waals surface area contributed by atoms with Crippen LogP contribution < -0.4 is 15.1 Å². The van der Waals surface area contributed by atoms with Gasteiger partial charge in [-0.3, -0.25) is 9.20 Å². The molecule has 0 unspecified atom stereocenters. The summed E-state index contributed by atoms with van der Waals surface area (Å²) in [6.07, 6.45) is 2.42. The maximum absolute atomic E-state index is 13.0. The van der Waals surface area contributed by atoms with Crippen LogP contribution in [-0.2, 0) is 13.0 Å². The molecule has 5 rings (SSSR count). The smallest absolute Gasteiger partial charge is 0.270 e. The summed E-state index contributed by atoms with van der Waals surface area (Å²) in [6.45, 7) is 8.56. The van der Waals surface area contributed by atoms with Crippen molar-refractivity contribution in [2.45, 2.75) is 26.8 Å². The lowest BCUT2D eigenvalue weighted by atomic mass is 10.1. The van der Waals surface area contributed by atoms with Crippen molar-refractivity contribution in [1.29, 1.82) is 0 Å². The van der Waals surface area contributed by atoms with E-state index in [1.807, 2.05) is 13.0 Å². The molecule has 0 radical (unpaired) electrons. The first-order valence-electron chi connectivity index (χ1n) is 12.1. The molecule has 1 N–H and O–H groups in total. The van der Waals surface area contributed by atoms with Crippen molar-refractivity contribution >= 4 is 34.5 Å². The van der Waals surface area contributed by atoms with Crippen LogP contribution in [0.2, 0.25) is 5.02 Å². The van der Waals surface area contributed by atoms with Gasteiger partial charge in [0.2, 0.25) is 0 Å². The zero-order chi connectivity index (χ0) is 24.4. The Labute approximate surface area is 211 Å². The van der Waals surface area contributed by atoms with Crippen LogP contribution in [0.3, 0.4) is 0 Å². The number of carbonyl (C=O) groups is 1. The Morgan fingerprint density at radius 2 is 1.51 bits per heavy atom. The first-order chi connectivity index (χ1) is 17.0. The van der Waals surface area contributed by atoms with Crippen molar-refractivity contribution in [2.24, 2.45) is 0 Å². The van der Waals surface area contributed by atoms with Gasteiger partial charge in [-0.25, -0.2) is 4.98 Å². The first kappa shape index (κ1) is 23.2. The first-order valence-corrected chi connectivity index (χ1v) is 12.5. The highest BCUT2D eigenvalue weighted by Gasteiger charge is 2.19. The van der Waals surface area contributed by atoms with Gasteiger partial charge in [-0.15, -0.1) is 0 Å². The van der Waals surface area contributed by atoms with Crippen molar-refractivity contribution in [3.63, 3.8) is 0 Å². The SMILES string of the molecule is CCc1nc2ccc(Cl)cn2c1C(=O)NCc1ccc(N2CCN(c3ccc(C)cc3)CC2)cc1. The molecule has 1 fully saturated rings. The highest BCUT2D eigenvalue weighted by molar-refractivity contribution is 6.30. The Hall–Kier alpha value is -3.51. The number of nitrogens with one attached hydrogen (secondary N) is 1. The number of hydrogen-bond donors (Lipinski definition) is 1. The maximum atomic E-state index is 13.0. The summed E-state index contributed by atoms with van der Waals surface area (Å²) in [5.74, 6) is -0.145. The summed E-state index contributed by atoms with van der Waals surface area (Å²) in [5, 5.41) is 3.62. The Morgan fingerprint density at radius 3 is 2.11 bits per heavy atom. The molecule has 1 amide bonds. The van der Waals surface area contributed by atoms with Crippen LogP contribution in [0, 0.1) is 6.92 Å². The number of aromatic nitrogens is 2. The fourth-order valence-electron chi connectivity index (χ4n) is 4.62. The van der Waals surface area contributed by atoms with E-state index in [0.29, 0.717) is 23.7 Å². The monoisotopic (exact) mass is 487 g/mol. The molecule has 1 aliphatic heterocycles. The van der Waals surface area contributed by atoms with Crippen molar-refractivity contribution in [3.05, 3.63) is 94.4 Å². The number of pyridine rings is 1. The van der Waals surface area contributed by atoms with E-state index in [-0.39, 0.29) is 5.91 Å². The number of imidazole rings is 1. The third-order valence-corrected chi connectivity index (χ3v) is 6.86. The second-order valence-electron chi connectivity index (χ2n) is 8.99. The quantitative estimate of drug-likeness (QED) is 0.410. The molecule has 4 aromatic rings. The van der Waals surface area contributed by atoms with Crippen LogP contribution in [0.1, 0.15) is 34.2 Å². The van der Waals surface area contributed by atoms with E-state index >= 15 is 0 Å². The van der Waals surface area contributed by atoms with Gasteiger partial charge < -0.3 is 15.1 Å². The van der Waals surface area contributed by atoms with E-state index in [4.69, 9.17) is 11.6 Å². The number of anilines is 2. The molecule has 1 saturated heterocycles. The summed E-state index contributed by atoms with van der Waals surface area (Å²) in [5.41, 5.74) is 6.90. The maximum Gasteiger partial charge on any atom is 0.270 e. The van der Waals surface area contributed by atoms with Crippen molar-refractivity contribution in [2.75, 3.05) is 36.0 Å².